The van der Waals surface area contributed by atoms with Crippen LogP contribution in [-0.4, -0.2) is 19.0 Å². The summed E-state index contributed by atoms with van der Waals surface area (Å²) in [6.45, 7) is 3.79. The number of hydrogen-bond donors (Lipinski definition) is 2. The highest BCUT2D eigenvalue weighted by Gasteiger charge is 2.11. The van der Waals surface area contributed by atoms with Crippen LogP contribution in [-0.2, 0) is 4.79 Å². The van der Waals surface area contributed by atoms with Crippen LogP contribution in [0, 0.1) is 6.92 Å². The van der Waals surface area contributed by atoms with Crippen molar-refractivity contribution in [2.24, 2.45) is 0 Å². The molecule has 0 aromatic heterocycles. The summed E-state index contributed by atoms with van der Waals surface area (Å²) in [5.74, 6) is -0.0251. The van der Waals surface area contributed by atoms with Crippen molar-refractivity contribution in [2.45, 2.75) is 19.9 Å². The van der Waals surface area contributed by atoms with Crippen LogP contribution in [0.4, 0.5) is 5.69 Å². The fourth-order valence-corrected chi connectivity index (χ4v) is 1.61. The molecular formula is C11H15BrN2O. The maximum absolute atomic E-state index is 11.6. The molecule has 0 spiro atoms. The molecule has 1 atom stereocenters. The zero-order valence-electron chi connectivity index (χ0n) is 9.10. The molecule has 0 aliphatic heterocycles. The van der Waals surface area contributed by atoms with Crippen LogP contribution < -0.4 is 10.6 Å². The Morgan fingerprint density at radius 1 is 1.47 bits per heavy atom. The molecule has 0 heterocycles. The van der Waals surface area contributed by atoms with Gasteiger partial charge in [0.25, 0.3) is 0 Å². The minimum Gasteiger partial charge on any atom is -0.324 e. The molecule has 1 amide bonds. The third kappa shape index (κ3) is 3.32. The van der Waals surface area contributed by atoms with Crippen molar-refractivity contribution in [3.8, 4) is 0 Å². The van der Waals surface area contributed by atoms with Crippen LogP contribution in [0.2, 0.25) is 0 Å². The van der Waals surface area contributed by atoms with Gasteiger partial charge in [0.15, 0.2) is 0 Å². The highest BCUT2D eigenvalue weighted by Crippen LogP contribution is 2.19. The molecule has 1 unspecified atom stereocenters. The second-order valence-corrected chi connectivity index (χ2v) is 4.37. The molecule has 15 heavy (non-hydrogen) atoms. The molecule has 2 N–H and O–H groups in total. The van der Waals surface area contributed by atoms with Gasteiger partial charge in [0, 0.05) is 10.2 Å². The molecule has 0 aliphatic carbocycles. The van der Waals surface area contributed by atoms with E-state index in [1.807, 2.05) is 32.0 Å². The Balaban J connectivity index is 2.77. The molecule has 0 saturated heterocycles. The number of nitrogens with one attached hydrogen (secondary N) is 2. The summed E-state index contributed by atoms with van der Waals surface area (Å²) in [6, 6.07) is 5.58. The number of aryl methyl sites for hydroxylation is 1. The lowest BCUT2D eigenvalue weighted by Gasteiger charge is -2.12. The molecule has 1 aromatic rings. The van der Waals surface area contributed by atoms with E-state index in [4.69, 9.17) is 0 Å². The predicted octanol–water partition coefficient (Wildman–Crippen LogP) is 2.30. The molecule has 0 radical (unpaired) electrons. The standard InChI is InChI=1S/C11H15BrN2O/c1-7-6-9(12)4-5-10(7)14-11(15)8(2)13-3/h4-6,8,13H,1-3H3,(H,14,15). The van der Waals surface area contributed by atoms with Crippen molar-refractivity contribution in [2.75, 3.05) is 12.4 Å². The Morgan fingerprint density at radius 2 is 2.13 bits per heavy atom. The predicted molar refractivity (Wildman–Crippen MR) is 66.0 cm³/mol. The van der Waals surface area contributed by atoms with Crippen molar-refractivity contribution >= 4 is 27.5 Å². The molecule has 0 bridgehead atoms. The highest BCUT2D eigenvalue weighted by molar-refractivity contribution is 9.10. The zero-order chi connectivity index (χ0) is 11.4. The van der Waals surface area contributed by atoms with Crippen LogP contribution in [0.3, 0.4) is 0 Å². The molecule has 3 nitrogen and oxygen atoms in total. The number of rotatable bonds is 3. The van der Waals surface area contributed by atoms with Gasteiger partial charge in [0.05, 0.1) is 6.04 Å². The lowest BCUT2D eigenvalue weighted by Crippen LogP contribution is -2.35. The molecule has 1 rings (SSSR count). The van der Waals surface area contributed by atoms with Crippen molar-refractivity contribution in [1.29, 1.82) is 0 Å². The van der Waals surface area contributed by atoms with Gasteiger partial charge in [-0.15, -0.1) is 0 Å². The quantitative estimate of drug-likeness (QED) is 0.885. The summed E-state index contributed by atoms with van der Waals surface area (Å²) < 4.78 is 1.01. The maximum atomic E-state index is 11.6. The summed E-state index contributed by atoms with van der Waals surface area (Å²) in [5, 5.41) is 5.76. The topological polar surface area (TPSA) is 41.1 Å². The summed E-state index contributed by atoms with van der Waals surface area (Å²) >= 11 is 3.38. The van der Waals surface area contributed by atoms with Gasteiger partial charge in [-0.05, 0) is 44.7 Å². The average Bonchev–Trinajstić information content (AvgIpc) is 2.20. The summed E-state index contributed by atoms with van der Waals surface area (Å²) in [6.07, 6.45) is 0. The SMILES string of the molecule is CNC(C)C(=O)Nc1ccc(Br)cc1C. The lowest BCUT2D eigenvalue weighted by atomic mass is 10.2. The Hall–Kier alpha value is -0.870. The first-order chi connectivity index (χ1) is 7.04. The van der Waals surface area contributed by atoms with E-state index >= 15 is 0 Å². The van der Waals surface area contributed by atoms with Gasteiger partial charge < -0.3 is 10.6 Å². The molecule has 0 fully saturated rings. The van der Waals surface area contributed by atoms with E-state index < -0.39 is 0 Å². The number of hydrogen-bond acceptors (Lipinski definition) is 2. The number of anilines is 1. The number of likely N-dealkylation sites (N-methyl/N-ethyl adjacent to an activating group) is 1. The number of benzene rings is 1. The molecular weight excluding hydrogens is 256 g/mol. The van der Waals surface area contributed by atoms with Crippen molar-refractivity contribution in [1.82, 2.24) is 5.32 Å². The first-order valence-electron chi connectivity index (χ1n) is 4.79. The van der Waals surface area contributed by atoms with E-state index in [2.05, 4.69) is 26.6 Å². The third-order valence-electron chi connectivity index (χ3n) is 2.27. The van der Waals surface area contributed by atoms with Crippen molar-refractivity contribution < 1.29 is 4.79 Å². The molecule has 82 valence electrons. The van der Waals surface area contributed by atoms with Crippen LogP contribution in [0.15, 0.2) is 22.7 Å². The maximum Gasteiger partial charge on any atom is 0.241 e. The Labute approximate surface area is 98.4 Å². The molecule has 0 saturated carbocycles. The van der Waals surface area contributed by atoms with Gasteiger partial charge in [-0.3, -0.25) is 4.79 Å². The van der Waals surface area contributed by atoms with Gasteiger partial charge in [-0.2, -0.15) is 0 Å². The first kappa shape index (κ1) is 12.2. The number of amides is 1. The number of carbonyl (C=O) groups excluding carboxylic acids is 1. The van der Waals surface area contributed by atoms with E-state index in [1.165, 1.54) is 0 Å². The van der Waals surface area contributed by atoms with Gasteiger partial charge in [-0.25, -0.2) is 0 Å². The fourth-order valence-electron chi connectivity index (χ4n) is 1.14. The summed E-state index contributed by atoms with van der Waals surface area (Å²) in [7, 11) is 1.76. The van der Waals surface area contributed by atoms with Crippen LogP contribution >= 0.6 is 15.9 Å². The number of halogens is 1. The normalized spacial score (nSPS) is 12.3. The van der Waals surface area contributed by atoms with Crippen LogP contribution in [0.1, 0.15) is 12.5 Å². The van der Waals surface area contributed by atoms with E-state index in [1.54, 1.807) is 7.05 Å². The minimum atomic E-state index is -0.187. The lowest BCUT2D eigenvalue weighted by molar-refractivity contribution is -0.117. The molecule has 1 aromatic carbocycles. The third-order valence-corrected chi connectivity index (χ3v) is 2.77. The van der Waals surface area contributed by atoms with Crippen LogP contribution in [0.25, 0.3) is 0 Å². The van der Waals surface area contributed by atoms with Gasteiger partial charge in [-0.1, -0.05) is 15.9 Å². The largest absolute Gasteiger partial charge is 0.324 e. The second-order valence-electron chi connectivity index (χ2n) is 3.46. The van der Waals surface area contributed by atoms with Crippen molar-refractivity contribution in [3.63, 3.8) is 0 Å². The minimum absolute atomic E-state index is 0.0251. The molecule has 0 aliphatic rings. The van der Waals surface area contributed by atoms with Crippen LogP contribution in [0.5, 0.6) is 0 Å². The second kappa shape index (κ2) is 5.28. The fraction of sp³-hybridized carbons (Fsp3) is 0.364. The summed E-state index contributed by atoms with van der Waals surface area (Å²) in [4.78, 5) is 11.6. The summed E-state index contributed by atoms with van der Waals surface area (Å²) in [5.41, 5.74) is 1.89. The van der Waals surface area contributed by atoms with E-state index in [-0.39, 0.29) is 11.9 Å². The van der Waals surface area contributed by atoms with E-state index in [9.17, 15) is 4.79 Å². The Morgan fingerprint density at radius 3 is 2.67 bits per heavy atom. The first-order valence-corrected chi connectivity index (χ1v) is 5.58. The van der Waals surface area contributed by atoms with Gasteiger partial charge in [0.1, 0.15) is 0 Å². The Kier molecular flexibility index (Phi) is 4.29. The van der Waals surface area contributed by atoms with Crippen molar-refractivity contribution in [3.05, 3.63) is 28.2 Å². The monoisotopic (exact) mass is 270 g/mol. The molecule has 4 heteroatoms. The van der Waals surface area contributed by atoms with E-state index in [0.717, 1.165) is 15.7 Å². The highest BCUT2D eigenvalue weighted by atomic mass is 79.9. The Bertz CT molecular complexity index is 366. The van der Waals surface area contributed by atoms with Gasteiger partial charge >= 0.3 is 0 Å². The smallest absolute Gasteiger partial charge is 0.241 e. The van der Waals surface area contributed by atoms with Gasteiger partial charge in [0.2, 0.25) is 5.91 Å². The average molecular weight is 271 g/mol. The van der Waals surface area contributed by atoms with E-state index in [0.29, 0.717) is 0 Å². The number of carbonyl (C=O) groups is 1. The zero-order valence-corrected chi connectivity index (χ0v) is 10.7.